The lowest BCUT2D eigenvalue weighted by Crippen LogP contribution is -1.93. The van der Waals surface area contributed by atoms with Crippen LogP contribution in [0.2, 0.25) is 0 Å². The summed E-state index contributed by atoms with van der Waals surface area (Å²) in [5.74, 6) is 0.485. The Morgan fingerprint density at radius 3 is 2.85 bits per heavy atom. The smallest absolute Gasteiger partial charge is 0.226 e. The van der Waals surface area contributed by atoms with Gasteiger partial charge in [0.15, 0.2) is 11.0 Å². The molecule has 0 bridgehead atoms. The average Bonchev–Trinajstić information content (AvgIpc) is 2.47. The van der Waals surface area contributed by atoms with Gasteiger partial charge >= 0.3 is 0 Å². The van der Waals surface area contributed by atoms with Gasteiger partial charge < -0.3 is 5.73 Å². The van der Waals surface area contributed by atoms with Crippen molar-refractivity contribution in [2.75, 3.05) is 5.73 Å². The Balaban J connectivity index is 2.85. The summed E-state index contributed by atoms with van der Waals surface area (Å²) in [5.41, 5.74) is 6.10. The fourth-order valence-corrected chi connectivity index (χ4v) is 1.43. The number of nitrogen functional groups attached to an aromatic ring is 1. The lowest BCUT2D eigenvalue weighted by molar-refractivity contribution is -0.110. The number of anilines is 1. The number of aromatic nitrogens is 2. The van der Waals surface area contributed by atoms with Crippen molar-refractivity contribution in [3.63, 3.8) is 0 Å². The largest absolute Gasteiger partial charge is 0.374 e. The van der Waals surface area contributed by atoms with E-state index < -0.39 is 5.24 Å². The van der Waals surface area contributed by atoms with Crippen LogP contribution in [0, 0.1) is 0 Å². The molecule has 1 aromatic heterocycles. The molecule has 0 aliphatic carbocycles. The van der Waals surface area contributed by atoms with E-state index in [4.69, 9.17) is 17.3 Å². The van der Waals surface area contributed by atoms with E-state index in [1.165, 1.54) is 0 Å². The Morgan fingerprint density at radius 2 is 2.46 bits per heavy atom. The number of hydrogen-bond acceptors (Lipinski definition) is 5. The van der Waals surface area contributed by atoms with Crippen LogP contribution in [-0.2, 0) is 4.79 Å². The Morgan fingerprint density at radius 1 is 1.77 bits per heavy atom. The van der Waals surface area contributed by atoms with E-state index in [9.17, 15) is 4.79 Å². The molecule has 0 radical (unpaired) electrons. The van der Waals surface area contributed by atoms with Crippen LogP contribution < -0.4 is 5.73 Å². The minimum Gasteiger partial charge on any atom is -0.374 e. The summed E-state index contributed by atoms with van der Waals surface area (Å²) in [7, 11) is 0. The Labute approximate surface area is 84.6 Å². The summed E-state index contributed by atoms with van der Waals surface area (Å²) in [4.78, 5) is 14.6. The molecule has 0 unspecified atom stereocenters. The number of allylic oxidation sites excluding steroid dienone is 2. The van der Waals surface area contributed by atoms with Gasteiger partial charge in [0, 0.05) is 17.1 Å². The Hall–Kier alpha value is -0.940. The summed E-state index contributed by atoms with van der Waals surface area (Å²) >= 11 is 6.34. The Bertz CT molecular complexity index is 347. The molecule has 0 aromatic carbocycles. The maximum atomic E-state index is 10.6. The molecule has 0 aliphatic rings. The van der Waals surface area contributed by atoms with Crippen molar-refractivity contribution in [1.29, 1.82) is 0 Å². The van der Waals surface area contributed by atoms with Crippen LogP contribution >= 0.6 is 23.1 Å². The summed E-state index contributed by atoms with van der Waals surface area (Å²) < 4.78 is 3.97. The first-order valence-corrected chi connectivity index (χ1v) is 4.71. The normalized spacial score (nSPS) is 11.7. The third-order valence-electron chi connectivity index (χ3n) is 1.41. The first-order chi connectivity index (χ1) is 6.13. The molecule has 0 fully saturated rings. The molecule has 0 aliphatic heterocycles. The zero-order valence-electron chi connectivity index (χ0n) is 6.95. The molecule has 0 amide bonds. The van der Waals surface area contributed by atoms with Gasteiger partial charge in [0.1, 0.15) is 0 Å². The van der Waals surface area contributed by atoms with E-state index in [-0.39, 0.29) is 6.42 Å². The van der Waals surface area contributed by atoms with Crippen molar-refractivity contribution < 1.29 is 4.79 Å². The molecule has 1 rings (SSSR count). The summed E-state index contributed by atoms with van der Waals surface area (Å²) in [6, 6.07) is 0. The van der Waals surface area contributed by atoms with Crippen molar-refractivity contribution in [3.8, 4) is 0 Å². The van der Waals surface area contributed by atoms with Gasteiger partial charge in [0.05, 0.1) is 6.42 Å². The molecule has 0 spiro atoms. The highest BCUT2D eigenvalue weighted by atomic mass is 35.5. The molecule has 70 valence electrons. The van der Waals surface area contributed by atoms with E-state index in [1.54, 1.807) is 13.0 Å². The second kappa shape index (κ2) is 4.34. The maximum absolute atomic E-state index is 10.6. The molecular formula is C7H8ClN3OS. The first kappa shape index (κ1) is 10.1. The number of carbonyl (C=O) groups excluding carboxylic acids is 1. The third kappa shape index (κ3) is 2.78. The van der Waals surface area contributed by atoms with Crippen LogP contribution in [-0.4, -0.2) is 14.6 Å². The first-order valence-electron chi connectivity index (χ1n) is 3.56. The monoisotopic (exact) mass is 217 g/mol. The lowest BCUT2D eigenvalue weighted by atomic mass is 10.2. The molecule has 2 N–H and O–H groups in total. The van der Waals surface area contributed by atoms with Gasteiger partial charge in [-0.25, -0.2) is 0 Å². The molecule has 0 saturated heterocycles. The molecule has 1 aromatic rings. The third-order valence-corrected chi connectivity index (χ3v) is 2.08. The van der Waals surface area contributed by atoms with Crippen LogP contribution in [0.15, 0.2) is 6.08 Å². The molecular weight excluding hydrogens is 210 g/mol. The highest BCUT2D eigenvalue weighted by Crippen LogP contribution is 2.19. The fraction of sp³-hybridized carbons (Fsp3) is 0.286. The second-order valence-electron chi connectivity index (χ2n) is 2.30. The molecule has 0 saturated carbocycles. The van der Waals surface area contributed by atoms with Crippen molar-refractivity contribution in [1.82, 2.24) is 9.36 Å². The number of carbonyl (C=O) groups is 1. The van der Waals surface area contributed by atoms with Gasteiger partial charge in [0.2, 0.25) is 5.24 Å². The van der Waals surface area contributed by atoms with E-state index in [2.05, 4.69) is 9.36 Å². The van der Waals surface area contributed by atoms with E-state index in [0.29, 0.717) is 16.5 Å². The SMILES string of the molecule is CC=C(CC(=O)Cl)c1nsc(N)n1. The van der Waals surface area contributed by atoms with Gasteiger partial charge in [-0.2, -0.15) is 9.36 Å². The Kier molecular flexibility index (Phi) is 3.39. The maximum Gasteiger partial charge on any atom is 0.226 e. The van der Waals surface area contributed by atoms with Crippen molar-refractivity contribution in [3.05, 3.63) is 11.9 Å². The summed E-state index contributed by atoms with van der Waals surface area (Å²) in [5, 5.41) is -0.0437. The van der Waals surface area contributed by atoms with Crippen LogP contribution in [0.5, 0.6) is 0 Å². The van der Waals surface area contributed by atoms with E-state index in [0.717, 1.165) is 11.5 Å². The summed E-state index contributed by atoms with van der Waals surface area (Å²) in [6.07, 6.45) is 1.88. The van der Waals surface area contributed by atoms with Gasteiger partial charge in [-0.05, 0) is 18.5 Å². The standard InChI is InChI=1S/C7H8ClN3OS/c1-2-4(3-5(8)12)6-10-7(9)13-11-6/h2H,3H2,1H3,(H2,9,10,11). The highest BCUT2D eigenvalue weighted by molar-refractivity contribution is 7.09. The minimum atomic E-state index is -0.429. The van der Waals surface area contributed by atoms with Crippen LogP contribution in [0.4, 0.5) is 5.13 Å². The number of hydrogen-bond donors (Lipinski definition) is 1. The van der Waals surface area contributed by atoms with Gasteiger partial charge in [-0.15, -0.1) is 0 Å². The predicted molar refractivity (Wildman–Crippen MR) is 53.4 cm³/mol. The van der Waals surface area contributed by atoms with Crippen molar-refractivity contribution in [2.24, 2.45) is 0 Å². The topological polar surface area (TPSA) is 68.9 Å². The molecule has 4 nitrogen and oxygen atoms in total. The van der Waals surface area contributed by atoms with Crippen molar-refractivity contribution in [2.45, 2.75) is 13.3 Å². The van der Waals surface area contributed by atoms with E-state index in [1.807, 2.05) is 0 Å². The van der Waals surface area contributed by atoms with Crippen LogP contribution in [0.25, 0.3) is 5.57 Å². The quantitative estimate of drug-likeness (QED) is 0.783. The zero-order chi connectivity index (χ0) is 9.84. The lowest BCUT2D eigenvalue weighted by Gasteiger charge is -1.96. The number of halogens is 1. The predicted octanol–water partition coefficient (Wildman–Crippen LogP) is 1.68. The summed E-state index contributed by atoms with van der Waals surface area (Å²) in [6.45, 7) is 1.80. The van der Waals surface area contributed by atoms with Gasteiger partial charge in [-0.1, -0.05) is 6.08 Å². The zero-order valence-corrected chi connectivity index (χ0v) is 8.52. The second-order valence-corrected chi connectivity index (χ2v) is 3.51. The van der Waals surface area contributed by atoms with Crippen LogP contribution in [0.1, 0.15) is 19.2 Å². The average molecular weight is 218 g/mol. The molecule has 6 heteroatoms. The number of nitrogens with two attached hydrogens (primary N) is 1. The number of nitrogens with zero attached hydrogens (tertiary/aromatic N) is 2. The molecule has 0 atom stereocenters. The van der Waals surface area contributed by atoms with Crippen LogP contribution in [0.3, 0.4) is 0 Å². The fourth-order valence-electron chi connectivity index (χ4n) is 0.826. The minimum absolute atomic E-state index is 0.133. The number of rotatable bonds is 3. The van der Waals surface area contributed by atoms with E-state index >= 15 is 0 Å². The van der Waals surface area contributed by atoms with Gasteiger partial charge in [0.25, 0.3) is 0 Å². The van der Waals surface area contributed by atoms with Gasteiger partial charge in [-0.3, -0.25) is 4.79 Å². The van der Waals surface area contributed by atoms with Crippen molar-refractivity contribution >= 4 is 39.1 Å². The molecule has 13 heavy (non-hydrogen) atoms. The highest BCUT2D eigenvalue weighted by Gasteiger charge is 2.09. The molecule has 1 heterocycles.